The van der Waals surface area contributed by atoms with Gasteiger partial charge in [-0.3, -0.25) is 9.78 Å². The van der Waals surface area contributed by atoms with Crippen molar-refractivity contribution in [1.29, 1.82) is 0 Å². The maximum atomic E-state index is 12.1. The molecule has 3 heterocycles. The lowest BCUT2D eigenvalue weighted by molar-refractivity contribution is 0.484. The zero-order valence-electron chi connectivity index (χ0n) is 10.8. The van der Waals surface area contributed by atoms with Gasteiger partial charge >= 0.3 is 0 Å². The molecular weight excluding hydrogens is 284 g/mol. The van der Waals surface area contributed by atoms with Gasteiger partial charge in [-0.15, -0.1) is 11.3 Å². The maximum absolute atomic E-state index is 12.1. The SMILES string of the molecule is O=c1[nH]c2cccc(-c3ccncc3)c2c2c(O)csc12. The average Bonchev–Trinajstić information content (AvgIpc) is 2.90. The van der Waals surface area contributed by atoms with E-state index in [0.717, 1.165) is 22.0 Å². The van der Waals surface area contributed by atoms with Crippen LogP contribution in [0.2, 0.25) is 0 Å². The Kier molecular flexibility index (Phi) is 2.55. The van der Waals surface area contributed by atoms with E-state index in [1.807, 2.05) is 30.3 Å². The lowest BCUT2D eigenvalue weighted by Gasteiger charge is -2.08. The van der Waals surface area contributed by atoms with Crippen LogP contribution in [0.1, 0.15) is 0 Å². The Morgan fingerprint density at radius 1 is 1.10 bits per heavy atom. The van der Waals surface area contributed by atoms with Crippen molar-refractivity contribution in [2.45, 2.75) is 0 Å². The number of H-pyrrole nitrogens is 1. The standard InChI is InChI=1S/C16H10N2O2S/c19-12-8-21-15-14(12)13-10(9-4-6-17-7-5-9)2-1-3-11(13)18-16(15)20/h1-8,19H,(H,18,20). The van der Waals surface area contributed by atoms with Gasteiger partial charge in [-0.1, -0.05) is 12.1 Å². The van der Waals surface area contributed by atoms with Crippen molar-refractivity contribution in [3.05, 3.63) is 58.5 Å². The highest BCUT2D eigenvalue weighted by molar-refractivity contribution is 7.17. The van der Waals surface area contributed by atoms with Gasteiger partial charge in [0.1, 0.15) is 10.4 Å². The number of pyridine rings is 2. The number of aromatic nitrogens is 2. The van der Waals surface area contributed by atoms with Crippen LogP contribution in [0.25, 0.3) is 32.1 Å². The van der Waals surface area contributed by atoms with Crippen molar-refractivity contribution in [2.75, 3.05) is 0 Å². The fourth-order valence-corrected chi connectivity index (χ4v) is 3.46. The Hall–Kier alpha value is -2.66. The van der Waals surface area contributed by atoms with E-state index >= 15 is 0 Å². The molecule has 0 saturated heterocycles. The van der Waals surface area contributed by atoms with E-state index in [0.29, 0.717) is 10.1 Å². The Morgan fingerprint density at radius 3 is 2.71 bits per heavy atom. The summed E-state index contributed by atoms with van der Waals surface area (Å²) in [5, 5.41) is 13.2. The third-order valence-corrected chi connectivity index (χ3v) is 4.50. The summed E-state index contributed by atoms with van der Waals surface area (Å²) in [7, 11) is 0. The minimum Gasteiger partial charge on any atom is -0.506 e. The number of nitrogens with one attached hydrogen (secondary N) is 1. The zero-order chi connectivity index (χ0) is 14.4. The van der Waals surface area contributed by atoms with Gasteiger partial charge in [0.25, 0.3) is 5.56 Å². The van der Waals surface area contributed by atoms with E-state index in [1.165, 1.54) is 11.3 Å². The van der Waals surface area contributed by atoms with Crippen LogP contribution in [0.15, 0.2) is 52.9 Å². The van der Waals surface area contributed by atoms with Gasteiger partial charge in [0.2, 0.25) is 0 Å². The third-order valence-electron chi connectivity index (χ3n) is 3.53. The van der Waals surface area contributed by atoms with E-state index in [-0.39, 0.29) is 11.3 Å². The monoisotopic (exact) mass is 294 g/mol. The molecule has 0 aliphatic carbocycles. The van der Waals surface area contributed by atoms with Gasteiger partial charge in [0.05, 0.1) is 0 Å². The molecular formula is C16H10N2O2S. The largest absolute Gasteiger partial charge is 0.506 e. The van der Waals surface area contributed by atoms with Crippen LogP contribution in [0.4, 0.5) is 0 Å². The summed E-state index contributed by atoms with van der Waals surface area (Å²) < 4.78 is 0.543. The Bertz CT molecular complexity index is 1020. The number of hydrogen-bond acceptors (Lipinski definition) is 4. The molecule has 3 aromatic heterocycles. The number of rotatable bonds is 1. The molecule has 0 radical (unpaired) electrons. The van der Waals surface area contributed by atoms with E-state index in [4.69, 9.17) is 0 Å². The summed E-state index contributed by atoms with van der Waals surface area (Å²) in [5.74, 6) is 0.146. The molecule has 1 aromatic carbocycles. The summed E-state index contributed by atoms with van der Waals surface area (Å²) in [6.45, 7) is 0. The highest BCUT2D eigenvalue weighted by Gasteiger charge is 2.14. The second kappa shape index (κ2) is 4.43. The first-order valence-corrected chi connectivity index (χ1v) is 7.29. The predicted molar refractivity (Wildman–Crippen MR) is 84.8 cm³/mol. The Labute approximate surface area is 123 Å². The van der Waals surface area contributed by atoms with Crippen LogP contribution in [-0.2, 0) is 0 Å². The van der Waals surface area contributed by atoms with Crippen LogP contribution in [0.3, 0.4) is 0 Å². The van der Waals surface area contributed by atoms with Crippen molar-refractivity contribution < 1.29 is 5.11 Å². The van der Waals surface area contributed by atoms with Gasteiger partial charge in [-0.25, -0.2) is 0 Å². The molecule has 102 valence electrons. The first-order valence-electron chi connectivity index (χ1n) is 6.41. The van der Waals surface area contributed by atoms with Crippen molar-refractivity contribution in [3.63, 3.8) is 0 Å². The topological polar surface area (TPSA) is 66.0 Å². The lowest BCUT2D eigenvalue weighted by Crippen LogP contribution is -2.04. The van der Waals surface area contributed by atoms with Crippen molar-refractivity contribution >= 4 is 32.3 Å². The van der Waals surface area contributed by atoms with Crippen LogP contribution in [0, 0.1) is 0 Å². The predicted octanol–water partition coefficient (Wildman–Crippen LogP) is 3.51. The molecule has 4 rings (SSSR count). The average molecular weight is 294 g/mol. The minimum atomic E-state index is -0.172. The van der Waals surface area contributed by atoms with Crippen LogP contribution in [-0.4, -0.2) is 15.1 Å². The highest BCUT2D eigenvalue weighted by Crippen LogP contribution is 2.38. The van der Waals surface area contributed by atoms with E-state index < -0.39 is 0 Å². The quantitative estimate of drug-likeness (QED) is 0.564. The minimum absolute atomic E-state index is 0.146. The first kappa shape index (κ1) is 12.1. The molecule has 0 atom stereocenters. The van der Waals surface area contributed by atoms with Gasteiger partial charge < -0.3 is 10.1 Å². The fourth-order valence-electron chi connectivity index (χ4n) is 2.63. The van der Waals surface area contributed by atoms with Gasteiger partial charge in [-0.05, 0) is 29.3 Å². The molecule has 0 aliphatic rings. The number of hydrogen-bond donors (Lipinski definition) is 2. The molecule has 0 unspecified atom stereocenters. The maximum Gasteiger partial charge on any atom is 0.266 e. The van der Waals surface area contributed by atoms with Crippen molar-refractivity contribution in [1.82, 2.24) is 9.97 Å². The number of aromatic hydroxyl groups is 1. The molecule has 0 bridgehead atoms. The highest BCUT2D eigenvalue weighted by atomic mass is 32.1. The van der Waals surface area contributed by atoms with Gasteiger partial charge in [0, 0.05) is 34.1 Å². The molecule has 0 fully saturated rings. The molecule has 0 spiro atoms. The molecule has 2 N–H and O–H groups in total. The van der Waals surface area contributed by atoms with E-state index in [2.05, 4.69) is 9.97 Å². The van der Waals surface area contributed by atoms with Gasteiger partial charge in [0.15, 0.2) is 0 Å². The summed E-state index contributed by atoms with van der Waals surface area (Å²) in [5.41, 5.74) is 2.50. The summed E-state index contributed by atoms with van der Waals surface area (Å²) in [6, 6.07) is 9.54. The first-order chi connectivity index (χ1) is 10.3. The second-order valence-corrected chi connectivity index (χ2v) is 5.62. The molecule has 4 nitrogen and oxygen atoms in total. The molecule has 5 heteroatoms. The van der Waals surface area contributed by atoms with Crippen LogP contribution in [0.5, 0.6) is 5.75 Å². The molecule has 4 aromatic rings. The molecule has 21 heavy (non-hydrogen) atoms. The van der Waals surface area contributed by atoms with Crippen LogP contribution < -0.4 is 5.56 Å². The second-order valence-electron chi connectivity index (χ2n) is 4.74. The zero-order valence-corrected chi connectivity index (χ0v) is 11.6. The molecule has 0 saturated carbocycles. The Morgan fingerprint density at radius 2 is 1.90 bits per heavy atom. The fraction of sp³-hybridized carbons (Fsp3) is 0. The summed E-state index contributed by atoms with van der Waals surface area (Å²) >= 11 is 1.25. The molecule has 0 aliphatic heterocycles. The smallest absolute Gasteiger partial charge is 0.266 e. The number of nitrogens with zero attached hydrogens (tertiary/aromatic N) is 1. The number of thiophene rings is 1. The van der Waals surface area contributed by atoms with E-state index in [9.17, 15) is 9.90 Å². The van der Waals surface area contributed by atoms with E-state index in [1.54, 1.807) is 17.8 Å². The number of fused-ring (bicyclic) bond motifs is 3. The molecule has 0 amide bonds. The lowest BCUT2D eigenvalue weighted by atomic mass is 9.99. The van der Waals surface area contributed by atoms with Gasteiger partial charge in [-0.2, -0.15) is 0 Å². The normalized spacial score (nSPS) is 11.2. The van der Waals surface area contributed by atoms with Crippen molar-refractivity contribution in [3.8, 4) is 16.9 Å². The van der Waals surface area contributed by atoms with Crippen molar-refractivity contribution in [2.24, 2.45) is 0 Å². The Balaban J connectivity index is 2.26. The van der Waals surface area contributed by atoms with Crippen LogP contribution >= 0.6 is 11.3 Å². The number of benzene rings is 1. The number of aromatic amines is 1. The summed E-state index contributed by atoms with van der Waals surface area (Å²) in [4.78, 5) is 19.0. The summed E-state index contributed by atoms with van der Waals surface area (Å²) in [6.07, 6.45) is 3.45. The third kappa shape index (κ3) is 1.75.